The molecule has 0 aromatic heterocycles. The van der Waals surface area contributed by atoms with Crippen LogP contribution in [0.5, 0.6) is 0 Å². The number of esters is 1. The van der Waals surface area contributed by atoms with Crippen molar-refractivity contribution in [3.8, 4) is 0 Å². The van der Waals surface area contributed by atoms with E-state index in [-0.39, 0.29) is 11.4 Å². The maximum Gasteiger partial charge on any atom is 0.341 e. The van der Waals surface area contributed by atoms with E-state index in [4.69, 9.17) is 4.74 Å². The third-order valence-corrected chi connectivity index (χ3v) is 4.97. The number of nitrogens with zero attached hydrogens (tertiary/aromatic N) is 1. The molecule has 2 heterocycles. The lowest BCUT2D eigenvalue weighted by Gasteiger charge is -2.35. The van der Waals surface area contributed by atoms with Crippen LogP contribution in [0, 0.1) is 0 Å². The summed E-state index contributed by atoms with van der Waals surface area (Å²) < 4.78 is 5.67. The Morgan fingerprint density at radius 2 is 1.69 bits per heavy atom. The standard InChI is InChI=1S/C21H17NO4/c1-13-18(14(2)23)19(24)21(22(13)12-15-8-4-3-5-9-15)17-11-7-6-10-16(17)20(25)26-21/h3-11H,12H2,1-2H3. The zero-order valence-corrected chi connectivity index (χ0v) is 14.5. The van der Waals surface area contributed by atoms with Crippen molar-refractivity contribution in [2.75, 3.05) is 0 Å². The van der Waals surface area contributed by atoms with Gasteiger partial charge < -0.3 is 9.64 Å². The predicted octanol–water partition coefficient (Wildman–Crippen LogP) is 2.96. The first-order chi connectivity index (χ1) is 12.5. The molecule has 0 saturated heterocycles. The van der Waals surface area contributed by atoms with Crippen LogP contribution in [0.2, 0.25) is 0 Å². The van der Waals surface area contributed by atoms with Crippen LogP contribution < -0.4 is 0 Å². The van der Waals surface area contributed by atoms with E-state index in [0.717, 1.165) is 5.56 Å². The predicted molar refractivity (Wildman–Crippen MR) is 93.9 cm³/mol. The maximum atomic E-state index is 13.3. The lowest BCUT2D eigenvalue weighted by molar-refractivity contribution is -0.150. The molecule has 2 aromatic rings. The Morgan fingerprint density at radius 1 is 1.04 bits per heavy atom. The number of ether oxygens (including phenoxy) is 1. The number of ketones is 2. The van der Waals surface area contributed by atoms with Crippen molar-refractivity contribution >= 4 is 17.5 Å². The molecule has 0 N–H and O–H groups in total. The molecular formula is C21H17NO4. The normalized spacial score (nSPS) is 21.4. The monoisotopic (exact) mass is 347 g/mol. The zero-order valence-electron chi connectivity index (χ0n) is 14.5. The van der Waals surface area contributed by atoms with Gasteiger partial charge in [-0.3, -0.25) is 9.59 Å². The van der Waals surface area contributed by atoms with Gasteiger partial charge in [-0.25, -0.2) is 4.79 Å². The largest absolute Gasteiger partial charge is 0.423 e. The van der Waals surface area contributed by atoms with E-state index < -0.39 is 17.5 Å². The molecule has 5 nitrogen and oxygen atoms in total. The van der Waals surface area contributed by atoms with Crippen molar-refractivity contribution < 1.29 is 19.1 Å². The highest BCUT2D eigenvalue weighted by Crippen LogP contribution is 2.48. The molecule has 1 spiro atoms. The molecule has 0 amide bonds. The van der Waals surface area contributed by atoms with Crippen LogP contribution >= 0.6 is 0 Å². The Bertz CT molecular complexity index is 977. The first-order valence-electron chi connectivity index (χ1n) is 8.38. The third kappa shape index (κ3) is 2.07. The summed E-state index contributed by atoms with van der Waals surface area (Å²) in [5, 5.41) is 0. The SMILES string of the molecule is CC(=O)C1=C(C)N(Cc2ccccc2)C2(OC(=O)c3ccccc32)C1=O. The molecule has 2 aliphatic rings. The number of hydrogen-bond donors (Lipinski definition) is 0. The zero-order chi connectivity index (χ0) is 18.5. The summed E-state index contributed by atoms with van der Waals surface area (Å²) in [6.45, 7) is 3.43. The molecule has 0 fully saturated rings. The first kappa shape index (κ1) is 16.3. The van der Waals surface area contributed by atoms with Crippen LogP contribution in [0.25, 0.3) is 0 Å². The number of rotatable bonds is 3. The van der Waals surface area contributed by atoms with E-state index in [9.17, 15) is 14.4 Å². The number of carbonyl (C=O) groups is 3. The average molecular weight is 347 g/mol. The highest BCUT2D eigenvalue weighted by Gasteiger charge is 2.61. The van der Waals surface area contributed by atoms with Gasteiger partial charge in [0, 0.05) is 17.8 Å². The Labute approximate surface area is 150 Å². The number of benzene rings is 2. The van der Waals surface area contributed by atoms with Gasteiger partial charge in [0.05, 0.1) is 11.1 Å². The lowest BCUT2D eigenvalue weighted by atomic mass is 9.93. The van der Waals surface area contributed by atoms with Gasteiger partial charge in [0.15, 0.2) is 5.78 Å². The maximum absolute atomic E-state index is 13.3. The summed E-state index contributed by atoms with van der Waals surface area (Å²) in [7, 11) is 0. The molecule has 5 heteroatoms. The van der Waals surface area contributed by atoms with Crippen molar-refractivity contribution in [3.63, 3.8) is 0 Å². The fourth-order valence-corrected chi connectivity index (χ4v) is 3.81. The summed E-state index contributed by atoms with van der Waals surface area (Å²) in [5.74, 6) is -1.36. The van der Waals surface area contributed by atoms with Crippen LogP contribution in [-0.2, 0) is 26.6 Å². The minimum absolute atomic E-state index is 0.0884. The molecule has 4 rings (SSSR count). The summed E-state index contributed by atoms with van der Waals surface area (Å²) in [6, 6.07) is 16.4. The van der Waals surface area contributed by atoms with Crippen molar-refractivity contribution in [2.45, 2.75) is 26.1 Å². The van der Waals surface area contributed by atoms with Crippen molar-refractivity contribution in [2.24, 2.45) is 0 Å². The van der Waals surface area contributed by atoms with Gasteiger partial charge in [0.25, 0.3) is 5.72 Å². The van der Waals surface area contributed by atoms with E-state index in [1.54, 1.807) is 36.1 Å². The van der Waals surface area contributed by atoms with Gasteiger partial charge in [-0.1, -0.05) is 48.5 Å². The molecule has 0 saturated carbocycles. The molecule has 130 valence electrons. The number of allylic oxidation sites excluding steroid dienone is 1. The molecular weight excluding hydrogens is 330 g/mol. The topological polar surface area (TPSA) is 63.7 Å². The van der Waals surface area contributed by atoms with E-state index in [1.807, 2.05) is 30.3 Å². The summed E-state index contributed by atoms with van der Waals surface area (Å²) >= 11 is 0. The minimum Gasteiger partial charge on any atom is -0.423 e. The first-order valence-corrected chi connectivity index (χ1v) is 8.38. The second-order valence-electron chi connectivity index (χ2n) is 6.50. The fourth-order valence-electron chi connectivity index (χ4n) is 3.81. The Morgan fingerprint density at radius 3 is 2.38 bits per heavy atom. The molecule has 2 aromatic carbocycles. The van der Waals surface area contributed by atoms with Crippen LogP contribution in [0.1, 0.15) is 35.3 Å². The number of fused-ring (bicyclic) bond motifs is 2. The minimum atomic E-state index is -1.60. The molecule has 0 aliphatic carbocycles. The second kappa shape index (κ2) is 5.66. The smallest absolute Gasteiger partial charge is 0.341 e. The summed E-state index contributed by atoms with van der Waals surface area (Å²) in [6.07, 6.45) is 0. The van der Waals surface area contributed by atoms with Gasteiger partial charge in [0.1, 0.15) is 0 Å². The Hall–Kier alpha value is -3.21. The van der Waals surface area contributed by atoms with E-state index in [2.05, 4.69) is 0 Å². The van der Waals surface area contributed by atoms with Gasteiger partial charge in [-0.15, -0.1) is 0 Å². The van der Waals surface area contributed by atoms with Gasteiger partial charge in [-0.2, -0.15) is 0 Å². The van der Waals surface area contributed by atoms with Crippen LogP contribution in [0.3, 0.4) is 0 Å². The van der Waals surface area contributed by atoms with Gasteiger partial charge in [0.2, 0.25) is 5.78 Å². The lowest BCUT2D eigenvalue weighted by Crippen LogP contribution is -2.46. The molecule has 26 heavy (non-hydrogen) atoms. The Kier molecular flexibility index (Phi) is 3.54. The molecule has 0 radical (unpaired) electrons. The van der Waals surface area contributed by atoms with Gasteiger partial charge in [-0.05, 0) is 25.5 Å². The number of carbonyl (C=O) groups excluding carboxylic acids is 3. The summed E-state index contributed by atoms with van der Waals surface area (Å²) in [4.78, 5) is 39.6. The quantitative estimate of drug-likeness (QED) is 0.631. The van der Waals surface area contributed by atoms with Crippen molar-refractivity contribution in [3.05, 3.63) is 82.6 Å². The van der Waals surface area contributed by atoms with Crippen molar-refractivity contribution in [1.29, 1.82) is 0 Å². The van der Waals surface area contributed by atoms with E-state index in [1.165, 1.54) is 6.92 Å². The molecule has 1 unspecified atom stereocenters. The van der Waals surface area contributed by atoms with Crippen LogP contribution in [-0.4, -0.2) is 22.4 Å². The summed E-state index contributed by atoms with van der Waals surface area (Å²) in [5.41, 5.74) is 0.804. The molecule has 2 aliphatic heterocycles. The van der Waals surface area contributed by atoms with Crippen LogP contribution in [0.4, 0.5) is 0 Å². The Balaban J connectivity index is 1.92. The van der Waals surface area contributed by atoms with E-state index >= 15 is 0 Å². The number of Topliss-reactive ketones (excluding diaryl/α,β-unsaturated/α-hetero) is 2. The highest BCUT2D eigenvalue weighted by atomic mass is 16.6. The molecule has 0 bridgehead atoms. The second-order valence-corrected chi connectivity index (χ2v) is 6.50. The highest BCUT2D eigenvalue weighted by molar-refractivity contribution is 6.25. The van der Waals surface area contributed by atoms with Crippen molar-refractivity contribution in [1.82, 2.24) is 4.90 Å². The molecule has 1 atom stereocenters. The van der Waals surface area contributed by atoms with E-state index in [0.29, 0.717) is 23.4 Å². The third-order valence-electron chi connectivity index (χ3n) is 4.97. The van der Waals surface area contributed by atoms with Gasteiger partial charge >= 0.3 is 5.97 Å². The fraction of sp³-hybridized carbons (Fsp3) is 0.190. The average Bonchev–Trinajstić information content (AvgIpc) is 3.04. The van der Waals surface area contributed by atoms with Crippen LogP contribution in [0.15, 0.2) is 65.9 Å². The number of hydrogen-bond acceptors (Lipinski definition) is 5.